The van der Waals surface area contributed by atoms with E-state index in [9.17, 15) is 4.79 Å². The molecule has 0 aliphatic carbocycles. The molecule has 0 fully saturated rings. The first-order chi connectivity index (χ1) is 7.68. The number of ketones is 1. The van der Waals surface area contributed by atoms with Crippen LogP contribution in [0.15, 0.2) is 42.7 Å². The molecule has 1 heterocycles. The molecule has 17 heavy (non-hydrogen) atoms. The third-order valence-corrected chi connectivity index (χ3v) is 2.81. The summed E-state index contributed by atoms with van der Waals surface area (Å²) >= 11 is 0. The van der Waals surface area contributed by atoms with Gasteiger partial charge in [-0.3, -0.25) is 4.79 Å². The van der Waals surface area contributed by atoms with Crippen LogP contribution in [0.5, 0.6) is 0 Å². The highest BCUT2D eigenvalue weighted by Crippen LogP contribution is 2.03. The van der Waals surface area contributed by atoms with Crippen molar-refractivity contribution in [2.75, 3.05) is 0 Å². The zero-order valence-electron chi connectivity index (χ0n) is 9.93. The zero-order chi connectivity index (χ0) is 11.5. The molecule has 0 atom stereocenters. The molecule has 0 aliphatic heterocycles. The second kappa shape index (κ2) is 5.64. The van der Waals surface area contributed by atoms with Crippen molar-refractivity contribution in [2.45, 2.75) is 13.5 Å². The molecule has 0 unspecified atom stereocenters. The topological polar surface area (TPSA) is 25.9 Å². The largest absolute Gasteiger partial charge is 1.00 e. The van der Waals surface area contributed by atoms with Crippen LogP contribution in [-0.4, -0.2) is 10.4 Å². The van der Waals surface area contributed by atoms with E-state index in [0.717, 1.165) is 11.4 Å². The summed E-state index contributed by atoms with van der Waals surface area (Å²) in [7, 11) is 1.97. The SMILES string of the molecule is Cc1n(CC(=O)c2ccccc2)cc[n+]1C.[Cl-]. The first-order valence-corrected chi connectivity index (χ1v) is 5.28. The van der Waals surface area contributed by atoms with E-state index in [2.05, 4.69) is 0 Å². The Morgan fingerprint density at radius 3 is 2.47 bits per heavy atom. The lowest BCUT2D eigenvalue weighted by atomic mass is 10.1. The Balaban J connectivity index is 0.00000144. The molecule has 0 aliphatic rings. The maximum absolute atomic E-state index is 11.9. The van der Waals surface area contributed by atoms with Crippen LogP contribution in [0.4, 0.5) is 0 Å². The number of halogens is 1. The number of nitrogens with zero attached hydrogens (tertiary/aromatic N) is 2. The van der Waals surface area contributed by atoms with Gasteiger partial charge in [0.05, 0.1) is 7.05 Å². The monoisotopic (exact) mass is 250 g/mol. The highest BCUT2D eigenvalue weighted by atomic mass is 35.5. The molecule has 3 nitrogen and oxygen atoms in total. The van der Waals surface area contributed by atoms with E-state index in [1.165, 1.54) is 0 Å². The molecule has 0 saturated carbocycles. The van der Waals surface area contributed by atoms with Crippen LogP contribution in [0, 0.1) is 6.92 Å². The molecule has 2 aromatic rings. The van der Waals surface area contributed by atoms with Crippen LogP contribution < -0.4 is 17.0 Å². The molecule has 2 rings (SSSR count). The lowest BCUT2D eigenvalue weighted by Crippen LogP contribution is -3.00. The van der Waals surface area contributed by atoms with Crippen molar-refractivity contribution in [3.8, 4) is 0 Å². The average molecular weight is 251 g/mol. The Labute approximate surface area is 107 Å². The van der Waals surface area contributed by atoms with Gasteiger partial charge in [-0.1, -0.05) is 30.3 Å². The van der Waals surface area contributed by atoms with Crippen molar-refractivity contribution in [2.24, 2.45) is 7.05 Å². The number of benzene rings is 1. The highest BCUT2D eigenvalue weighted by Gasteiger charge is 2.14. The second-order valence-corrected chi connectivity index (χ2v) is 3.87. The molecule has 90 valence electrons. The van der Waals surface area contributed by atoms with E-state index in [1.54, 1.807) is 0 Å². The summed E-state index contributed by atoms with van der Waals surface area (Å²) in [6.45, 7) is 2.40. The fraction of sp³-hybridized carbons (Fsp3) is 0.231. The average Bonchev–Trinajstić information content (AvgIpc) is 2.62. The predicted octanol–water partition coefficient (Wildman–Crippen LogP) is -1.49. The van der Waals surface area contributed by atoms with Crippen molar-refractivity contribution in [1.29, 1.82) is 0 Å². The van der Waals surface area contributed by atoms with Gasteiger partial charge in [0.1, 0.15) is 12.4 Å². The number of Topliss-reactive ketones (excluding diaryl/α,β-unsaturated/α-hetero) is 1. The Morgan fingerprint density at radius 1 is 1.29 bits per heavy atom. The number of carbonyl (C=O) groups excluding carboxylic acids is 1. The Hall–Kier alpha value is -1.61. The van der Waals surface area contributed by atoms with Gasteiger partial charge in [0.15, 0.2) is 6.54 Å². The van der Waals surface area contributed by atoms with Crippen LogP contribution in [0.3, 0.4) is 0 Å². The second-order valence-electron chi connectivity index (χ2n) is 3.87. The molecule has 0 spiro atoms. The van der Waals surface area contributed by atoms with Gasteiger partial charge in [0.2, 0.25) is 5.78 Å². The number of aromatic nitrogens is 2. The molecular formula is C13H15ClN2O. The highest BCUT2D eigenvalue weighted by molar-refractivity contribution is 5.95. The normalized spacial score (nSPS) is 9.76. The van der Waals surface area contributed by atoms with Gasteiger partial charge in [-0.05, 0) is 0 Å². The lowest BCUT2D eigenvalue weighted by molar-refractivity contribution is -0.677. The Bertz CT molecular complexity index is 505. The van der Waals surface area contributed by atoms with Gasteiger partial charge in [-0.25, -0.2) is 9.13 Å². The molecule has 0 N–H and O–H groups in total. The first kappa shape index (κ1) is 13.5. The van der Waals surface area contributed by atoms with Crippen molar-refractivity contribution in [3.05, 3.63) is 54.1 Å². The predicted molar refractivity (Wildman–Crippen MR) is 61.1 cm³/mol. The lowest BCUT2D eigenvalue weighted by Gasteiger charge is -1.99. The van der Waals surface area contributed by atoms with Crippen LogP contribution >= 0.6 is 0 Å². The van der Waals surface area contributed by atoms with Crippen molar-refractivity contribution >= 4 is 5.78 Å². The molecule has 4 heteroatoms. The zero-order valence-corrected chi connectivity index (χ0v) is 10.7. The first-order valence-electron chi connectivity index (χ1n) is 5.28. The van der Waals surface area contributed by atoms with Crippen LogP contribution in [-0.2, 0) is 13.6 Å². The Kier molecular flexibility index (Phi) is 4.46. The van der Waals surface area contributed by atoms with Gasteiger partial charge in [0, 0.05) is 12.5 Å². The molecule has 1 aromatic heterocycles. The van der Waals surface area contributed by atoms with E-state index in [1.807, 2.05) is 65.8 Å². The fourth-order valence-corrected chi connectivity index (χ4v) is 1.64. The molecule has 0 radical (unpaired) electrons. The maximum atomic E-state index is 11.9. The summed E-state index contributed by atoms with van der Waals surface area (Å²) in [5.41, 5.74) is 0.762. The number of imidazole rings is 1. The van der Waals surface area contributed by atoms with Gasteiger partial charge in [-0.15, -0.1) is 0 Å². The summed E-state index contributed by atoms with van der Waals surface area (Å²) < 4.78 is 3.95. The smallest absolute Gasteiger partial charge is 0.253 e. The Morgan fingerprint density at radius 2 is 1.94 bits per heavy atom. The van der Waals surface area contributed by atoms with E-state index in [4.69, 9.17) is 0 Å². The van der Waals surface area contributed by atoms with Crippen molar-refractivity contribution in [3.63, 3.8) is 0 Å². The van der Waals surface area contributed by atoms with Crippen molar-refractivity contribution < 1.29 is 21.8 Å². The minimum absolute atomic E-state index is 0. The van der Waals surface area contributed by atoms with E-state index < -0.39 is 0 Å². The van der Waals surface area contributed by atoms with Gasteiger partial charge in [0.25, 0.3) is 5.82 Å². The number of hydrogen-bond donors (Lipinski definition) is 0. The van der Waals surface area contributed by atoms with Crippen LogP contribution in [0.25, 0.3) is 0 Å². The number of rotatable bonds is 3. The summed E-state index contributed by atoms with van der Waals surface area (Å²) in [5.74, 6) is 1.21. The molecule has 0 bridgehead atoms. The van der Waals surface area contributed by atoms with Gasteiger partial charge < -0.3 is 12.4 Å². The number of carbonyl (C=O) groups is 1. The maximum Gasteiger partial charge on any atom is 0.253 e. The third-order valence-electron chi connectivity index (χ3n) is 2.81. The van der Waals surface area contributed by atoms with E-state index >= 15 is 0 Å². The van der Waals surface area contributed by atoms with Gasteiger partial charge in [-0.2, -0.15) is 0 Å². The standard InChI is InChI=1S/C13H15N2O.ClH/c1-11-14(2)8-9-15(11)10-13(16)12-6-4-3-5-7-12;/h3-9H,10H2,1-2H3;1H/q+1;/p-1. The summed E-state index contributed by atoms with van der Waals surface area (Å²) in [6, 6.07) is 9.38. The molecule has 0 saturated heterocycles. The van der Waals surface area contributed by atoms with Gasteiger partial charge >= 0.3 is 0 Å². The molecular weight excluding hydrogens is 236 g/mol. The quantitative estimate of drug-likeness (QED) is 0.482. The summed E-state index contributed by atoms with van der Waals surface area (Å²) in [4.78, 5) is 11.9. The summed E-state index contributed by atoms with van der Waals surface area (Å²) in [5, 5.41) is 0. The molecule has 1 aromatic carbocycles. The van der Waals surface area contributed by atoms with Crippen LogP contribution in [0.1, 0.15) is 16.2 Å². The van der Waals surface area contributed by atoms with Crippen LogP contribution in [0.2, 0.25) is 0 Å². The molecule has 0 amide bonds. The van der Waals surface area contributed by atoms with Crippen molar-refractivity contribution in [1.82, 2.24) is 4.57 Å². The van der Waals surface area contributed by atoms with E-state index in [0.29, 0.717) is 6.54 Å². The third kappa shape index (κ3) is 2.94. The fourth-order valence-electron chi connectivity index (χ4n) is 1.64. The summed E-state index contributed by atoms with van der Waals surface area (Å²) in [6.07, 6.45) is 3.88. The number of aryl methyl sites for hydroxylation is 1. The minimum Gasteiger partial charge on any atom is -1.00 e. The minimum atomic E-state index is 0. The van der Waals surface area contributed by atoms with E-state index in [-0.39, 0.29) is 18.2 Å². The number of hydrogen-bond acceptors (Lipinski definition) is 1.